The third-order valence-electron chi connectivity index (χ3n) is 6.85. The molecule has 4 nitrogen and oxygen atoms in total. The molecule has 1 fully saturated rings. The average molecular weight is 544 g/mol. The van der Waals surface area contributed by atoms with Crippen LogP contribution in [0.5, 0.6) is 11.5 Å². The second kappa shape index (κ2) is 10.7. The van der Waals surface area contributed by atoms with Crippen LogP contribution in [0.1, 0.15) is 89.5 Å². The lowest BCUT2D eigenvalue weighted by molar-refractivity contribution is 0.390. The van der Waals surface area contributed by atoms with Gasteiger partial charge in [0.1, 0.15) is 0 Å². The first kappa shape index (κ1) is 27.5. The van der Waals surface area contributed by atoms with Gasteiger partial charge in [0.2, 0.25) is 0 Å². The molecule has 2 aromatic carbocycles. The molecule has 1 heterocycles. The predicted molar refractivity (Wildman–Crippen MR) is 154 cm³/mol. The Balaban J connectivity index is 1.92. The Hall–Kier alpha value is -1.51. The first-order valence-corrected chi connectivity index (χ1v) is 15.8. The molecule has 7 heteroatoms. The number of hydrogen-bond acceptors (Lipinski definition) is 4. The van der Waals surface area contributed by atoms with Crippen LogP contribution in [-0.4, -0.2) is 39.3 Å². The summed E-state index contributed by atoms with van der Waals surface area (Å²) in [5.74, 6) is 3.69. The van der Waals surface area contributed by atoms with Crippen molar-refractivity contribution in [1.82, 2.24) is 0 Å². The minimum Gasteiger partial charge on any atom is -0.611 e. The lowest BCUT2D eigenvalue weighted by Gasteiger charge is -2.29. The summed E-state index contributed by atoms with van der Waals surface area (Å²) in [5.41, 5.74) is 3.58. The van der Waals surface area contributed by atoms with E-state index in [4.69, 9.17) is 40.8 Å². The first-order chi connectivity index (χ1) is 16.8. The topological polar surface area (TPSA) is 43.2 Å². The van der Waals surface area contributed by atoms with Crippen molar-refractivity contribution in [2.24, 2.45) is 9.98 Å². The van der Waals surface area contributed by atoms with Crippen LogP contribution in [0.2, 0.25) is 15.8 Å². The number of rotatable bonds is 0. The molecule has 0 N–H and O–H groups in total. The smallest absolute Gasteiger partial charge is 0.611 e. The van der Waals surface area contributed by atoms with E-state index in [0.717, 1.165) is 59.4 Å². The lowest BCUT2D eigenvalue weighted by Crippen LogP contribution is -2.30. The van der Waals surface area contributed by atoms with E-state index in [2.05, 4.69) is 47.3 Å². The van der Waals surface area contributed by atoms with Crippen molar-refractivity contribution in [3.63, 3.8) is 0 Å². The Kier molecular flexibility index (Phi) is 8.18. The highest BCUT2D eigenvalue weighted by atomic mass is 35.5. The van der Waals surface area contributed by atoms with Gasteiger partial charge in [0.25, 0.3) is 0 Å². The van der Waals surface area contributed by atoms with Gasteiger partial charge >= 0.3 is 14.8 Å². The fraction of sp³-hybridized carbons (Fsp3) is 0.517. The largest absolute Gasteiger partial charge is 0.853 e. The Morgan fingerprint density at radius 3 is 1.47 bits per heavy atom. The van der Waals surface area contributed by atoms with Crippen LogP contribution < -0.4 is 7.58 Å². The van der Waals surface area contributed by atoms with Gasteiger partial charge in [0, 0.05) is 33.6 Å². The minimum atomic E-state index is -2.22. The van der Waals surface area contributed by atoms with E-state index in [1.165, 1.54) is 0 Å². The standard InChI is InChI=1S/C28H36Cl2N2O2.CH3.Al/c1-27(2,3)21-13-19(29)11-17(25(21)33)15-31-23-9-7-8-10-24(23)32-16-18-12-20(30)14-22(26(18)34)28(4,5)6;;/h11-16,23-24,33-34H,7-10H2,1-6H3;1H3;/q;;+2/p-2/t23-,24-;;/m1../s1. The molecule has 4 rings (SSSR count). The van der Waals surface area contributed by atoms with Crippen LogP contribution in [0.15, 0.2) is 34.3 Å². The van der Waals surface area contributed by atoms with E-state index >= 15 is 0 Å². The number of nitrogens with zero attached hydrogens (tertiary/aromatic N) is 2. The molecule has 0 bridgehead atoms. The molecule has 36 heavy (non-hydrogen) atoms. The van der Waals surface area contributed by atoms with Crippen molar-refractivity contribution in [3.8, 4) is 11.5 Å². The predicted octanol–water partition coefficient (Wildman–Crippen LogP) is 8.33. The summed E-state index contributed by atoms with van der Waals surface area (Å²) < 4.78 is 13.4. The maximum Gasteiger partial charge on any atom is 0.853 e. The summed E-state index contributed by atoms with van der Waals surface area (Å²) in [6.07, 6.45) is 8.22. The highest BCUT2D eigenvalue weighted by molar-refractivity contribution is 6.45. The number of fused-ring (bicyclic) bond motifs is 3. The maximum atomic E-state index is 6.70. The summed E-state index contributed by atoms with van der Waals surface area (Å²) in [6, 6.07) is 8.14. The molecule has 2 aromatic rings. The molecule has 1 aliphatic heterocycles. The van der Waals surface area contributed by atoms with Crippen LogP contribution in [0.4, 0.5) is 0 Å². The third kappa shape index (κ3) is 6.30. The molecule has 0 radical (unpaired) electrons. The van der Waals surface area contributed by atoms with Crippen LogP contribution in [-0.2, 0) is 10.8 Å². The average Bonchev–Trinajstić information content (AvgIpc) is 2.78. The van der Waals surface area contributed by atoms with Crippen LogP contribution in [0, 0.1) is 0 Å². The molecule has 0 saturated heterocycles. The molecule has 0 aromatic heterocycles. The lowest BCUT2D eigenvalue weighted by atomic mass is 9.85. The van der Waals surface area contributed by atoms with Crippen molar-refractivity contribution < 1.29 is 7.58 Å². The number of halogens is 2. The molecule has 1 aliphatic carbocycles. The summed E-state index contributed by atoms with van der Waals surface area (Å²) in [5, 5.41) is 1.36. The van der Waals surface area contributed by atoms with Crippen LogP contribution in [0.3, 0.4) is 0 Å². The van der Waals surface area contributed by atoms with Crippen molar-refractivity contribution in [2.75, 3.05) is 0 Å². The van der Waals surface area contributed by atoms with E-state index in [1.807, 2.05) is 36.7 Å². The molecular formula is C29H37AlCl2N2O2. The van der Waals surface area contributed by atoms with Crippen molar-refractivity contribution in [3.05, 3.63) is 56.6 Å². The van der Waals surface area contributed by atoms with Crippen LogP contribution in [0.25, 0.3) is 0 Å². The fourth-order valence-electron chi connectivity index (χ4n) is 4.95. The minimum absolute atomic E-state index is 0.112. The SMILES string of the molecule is [CH3][Al]1[O]c2c(cc(Cl)cc2C(C)(C)C)C=N[C@@H]2CCCC[C@H]2N=Cc2cc(Cl)cc(C(C)(C)C)c2[O]1. The van der Waals surface area contributed by atoms with Gasteiger partial charge in [-0.05, 0) is 64.8 Å². The van der Waals surface area contributed by atoms with Crippen molar-refractivity contribution >= 4 is 50.4 Å². The van der Waals surface area contributed by atoms with Crippen LogP contribution >= 0.6 is 23.2 Å². The van der Waals surface area contributed by atoms with Gasteiger partial charge in [-0.1, -0.05) is 77.6 Å². The normalized spacial score (nSPS) is 20.6. The maximum absolute atomic E-state index is 6.70. The highest BCUT2D eigenvalue weighted by Crippen LogP contribution is 2.40. The first-order valence-electron chi connectivity index (χ1n) is 12.9. The Morgan fingerprint density at radius 1 is 0.722 bits per heavy atom. The second-order valence-corrected chi connectivity index (χ2v) is 14.5. The van der Waals surface area contributed by atoms with E-state index < -0.39 is 14.8 Å². The highest BCUT2D eigenvalue weighted by Gasteiger charge is 2.33. The van der Waals surface area contributed by atoms with Gasteiger partial charge < -0.3 is 7.58 Å². The second-order valence-electron chi connectivity index (χ2n) is 12.0. The zero-order valence-corrected chi connectivity index (χ0v) is 25.2. The van der Waals surface area contributed by atoms with Gasteiger partial charge in [-0.15, -0.1) is 0 Å². The Labute approximate surface area is 231 Å². The van der Waals surface area contributed by atoms with E-state index in [0.29, 0.717) is 10.0 Å². The van der Waals surface area contributed by atoms with E-state index in [-0.39, 0.29) is 22.9 Å². The number of hydrogen-bond donors (Lipinski definition) is 0. The molecule has 0 amide bonds. The van der Waals surface area contributed by atoms with Crippen molar-refractivity contribution in [1.29, 1.82) is 0 Å². The summed E-state index contributed by atoms with van der Waals surface area (Å²) in [4.78, 5) is 10.1. The zero-order valence-electron chi connectivity index (χ0n) is 22.5. The van der Waals surface area contributed by atoms with E-state index in [1.54, 1.807) is 0 Å². The monoisotopic (exact) mass is 542 g/mol. The van der Waals surface area contributed by atoms with E-state index in [9.17, 15) is 0 Å². The summed E-state index contributed by atoms with van der Waals surface area (Å²) in [7, 11) is 0. The number of benzene rings is 2. The fourth-order valence-corrected chi connectivity index (χ4v) is 6.64. The van der Waals surface area contributed by atoms with Gasteiger partial charge in [0.05, 0.1) is 23.6 Å². The van der Waals surface area contributed by atoms with Gasteiger partial charge in [-0.2, -0.15) is 0 Å². The summed E-state index contributed by atoms with van der Waals surface area (Å²) >= 11 is 11.0. The zero-order chi connectivity index (χ0) is 26.3. The Morgan fingerprint density at radius 2 is 1.11 bits per heavy atom. The molecule has 2 atom stereocenters. The molecule has 0 spiro atoms. The number of aliphatic imine (C=N–C) groups is 2. The quantitative estimate of drug-likeness (QED) is 0.314. The molecule has 1 saturated carbocycles. The molecule has 192 valence electrons. The Bertz CT molecular complexity index is 1090. The molecule has 2 aliphatic rings. The van der Waals surface area contributed by atoms with Gasteiger partial charge in [-0.25, -0.2) is 0 Å². The van der Waals surface area contributed by atoms with Crippen molar-refractivity contribution in [2.45, 2.75) is 95.9 Å². The summed E-state index contributed by atoms with van der Waals surface area (Å²) in [6.45, 7) is 13.0. The van der Waals surface area contributed by atoms with Gasteiger partial charge in [0.15, 0.2) is 0 Å². The third-order valence-corrected chi connectivity index (χ3v) is 8.42. The molecular weight excluding hydrogens is 506 g/mol. The van der Waals surface area contributed by atoms with Gasteiger partial charge in [-0.3, -0.25) is 9.98 Å². The molecule has 0 unspecified atom stereocenters.